The average molecular weight is 603 g/mol. The largest absolute Gasteiger partial charge is 0.416 e. The number of hydrogen-bond donors (Lipinski definition) is 1. The van der Waals surface area contributed by atoms with Gasteiger partial charge in [-0.05, 0) is 72.6 Å². The summed E-state index contributed by atoms with van der Waals surface area (Å²) in [5.74, 6) is 0.335. The fourth-order valence-corrected chi connectivity index (χ4v) is 6.58. The first-order valence-corrected chi connectivity index (χ1v) is 18.5. The van der Waals surface area contributed by atoms with Crippen LogP contribution in [-0.2, 0) is 24.5 Å². The third kappa shape index (κ3) is 6.28. The van der Waals surface area contributed by atoms with E-state index in [2.05, 4.69) is 57.2 Å². The molecule has 1 aliphatic rings. The van der Waals surface area contributed by atoms with Crippen LogP contribution in [0.5, 0.6) is 0 Å². The van der Waals surface area contributed by atoms with E-state index >= 15 is 0 Å². The quantitative estimate of drug-likeness (QED) is 0.254. The minimum Gasteiger partial charge on any atom is -0.416 e. The number of aryl methyl sites for hydroxylation is 1. The third-order valence-electron chi connectivity index (χ3n) is 8.31. The van der Waals surface area contributed by atoms with Gasteiger partial charge in [0.2, 0.25) is 5.95 Å². The third-order valence-corrected chi connectivity index (χ3v) is 13.9. The van der Waals surface area contributed by atoms with Gasteiger partial charge in [0.1, 0.15) is 12.3 Å². The molecule has 0 saturated heterocycles. The van der Waals surface area contributed by atoms with Crippen molar-refractivity contribution < 1.29 is 17.6 Å². The molecule has 4 rings (SSSR count). The molecular formula is C30H37BN5O4SSi. The first-order valence-electron chi connectivity index (χ1n) is 13.7. The van der Waals surface area contributed by atoms with Gasteiger partial charge in [0.15, 0.2) is 18.2 Å². The molecule has 9 nitrogen and oxygen atoms in total. The van der Waals surface area contributed by atoms with Gasteiger partial charge in [-0.1, -0.05) is 27.7 Å². The molecule has 1 aromatic heterocycles. The zero-order valence-electron chi connectivity index (χ0n) is 25.4. The van der Waals surface area contributed by atoms with E-state index in [0.717, 1.165) is 22.9 Å². The Morgan fingerprint density at radius 1 is 1.24 bits per heavy atom. The fourth-order valence-electron chi connectivity index (χ4n) is 4.76. The lowest BCUT2D eigenvalue weighted by Gasteiger charge is -2.39. The van der Waals surface area contributed by atoms with Gasteiger partial charge in [0.05, 0.1) is 16.2 Å². The van der Waals surface area contributed by atoms with Crippen molar-refractivity contribution in [3.05, 3.63) is 59.3 Å². The van der Waals surface area contributed by atoms with Crippen molar-refractivity contribution in [3.63, 3.8) is 0 Å². The predicted molar refractivity (Wildman–Crippen MR) is 170 cm³/mol. The van der Waals surface area contributed by atoms with Crippen molar-refractivity contribution in [2.45, 2.75) is 63.1 Å². The number of benzene rings is 2. The molecule has 0 fully saturated rings. The Morgan fingerprint density at radius 2 is 1.95 bits per heavy atom. The van der Waals surface area contributed by atoms with Gasteiger partial charge in [-0.2, -0.15) is 5.26 Å². The predicted octanol–water partition coefficient (Wildman–Crippen LogP) is 5.38. The lowest BCUT2D eigenvalue weighted by molar-refractivity contribution is 0.219. The highest BCUT2D eigenvalue weighted by Gasteiger charge is 2.44. The van der Waals surface area contributed by atoms with E-state index in [9.17, 15) is 18.5 Å². The van der Waals surface area contributed by atoms with Gasteiger partial charge in [-0.15, -0.1) is 0 Å². The molecule has 2 aromatic carbocycles. The summed E-state index contributed by atoms with van der Waals surface area (Å²) < 4.78 is 30.5. The number of rotatable bonds is 9. The smallest absolute Gasteiger partial charge is 0.329 e. The van der Waals surface area contributed by atoms with Crippen LogP contribution in [0, 0.1) is 18.3 Å². The summed E-state index contributed by atoms with van der Waals surface area (Å²) >= 11 is 0. The standard InChI is InChI=1S/C30H37BN5O4SSi/c1-20-13-23(41(6,38)39)9-10-25(20)34-28-33-12-11-26(35-28)21-14-22(16-32)27-24(15-21)30(5,17-36(27)31-19-37)18-40-42(7,8)29(2,3)4/h9-15,19H,17-18H2,1-8H3,(H,33,34,35)/t30-/m1/s1. The molecule has 2 heterocycles. The zero-order chi connectivity index (χ0) is 31.1. The highest BCUT2D eigenvalue weighted by molar-refractivity contribution is 7.90. The minimum atomic E-state index is -3.32. The first-order chi connectivity index (χ1) is 19.5. The monoisotopic (exact) mass is 602 g/mol. The van der Waals surface area contributed by atoms with Crippen molar-refractivity contribution >= 4 is 49.1 Å². The van der Waals surface area contributed by atoms with Crippen LogP contribution in [0.25, 0.3) is 11.3 Å². The number of hydrogen-bond acceptors (Lipinski definition) is 9. The second-order valence-corrected chi connectivity index (χ2v) is 19.5. The molecule has 0 spiro atoms. The number of nitrogens with zero attached hydrogens (tertiary/aromatic N) is 4. The van der Waals surface area contributed by atoms with Crippen molar-refractivity contribution in [2.75, 3.05) is 29.5 Å². The Balaban J connectivity index is 1.74. The van der Waals surface area contributed by atoms with Crippen LogP contribution in [0.1, 0.15) is 44.4 Å². The lowest BCUT2D eigenvalue weighted by Crippen LogP contribution is -2.46. The molecule has 42 heavy (non-hydrogen) atoms. The second kappa shape index (κ2) is 11.3. The second-order valence-electron chi connectivity index (χ2n) is 12.7. The maximum Gasteiger partial charge on any atom is 0.329 e. The van der Waals surface area contributed by atoms with Crippen molar-refractivity contribution in [1.82, 2.24) is 9.97 Å². The van der Waals surface area contributed by atoms with E-state index in [1.807, 2.05) is 17.8 Å². The number of fused-ring (bicyclic) bond motifs is 1. The van der Waals surface area contributed by atoms with Crippen LogP contribution in [0.3, 0.4) is 0 Å². The zero-order valence-corrected chi connectivity index (χ0v) is 27.3. The van der Waals surface area contributed by atoms with E-state index in [4.69, 9.17) is 9.41 Å². The summed E-state index contributed by atoms with van der Waals surface area (Å²) in [6.07, 6.45) is 3.55. The molecule has 12 heteroatoms. The summed E-state index contributed by atoms with van der Waals surface area (Å²) in [5.41, 5.74) is 4.38. The number of nitrogens with one attached hydrogen (secondary N) is 1. The molecular weight excluding hydrogens is 565 g/mol. The van der Waals surface area contributed by atoms with Crippen LogP contribution in [-0.4, -0.2) is 59.7 Å². The van der Waals surface area contributed by atoms with Gasteiger partial charge in [0.25, 0.3) is 0 Å². The molecule has 1 radical (unpaired) electrons. The summed E-state index contributed by atoms with van der Waals surface area (Å²) in [6.45, 7) is 15.9. The molecule has 0 bridgehead atoms. The highest BCUT2D eigenvalue weighted by Crippen LogP contribution is 2.46. The molecule has 0 saturated carbocycles. The van der Waals surface area contributed by atoms with E-state index < -0.39 is 23.6 Å². The van der Waals surface area contributed by atoms with Crippen LogP contribution >= 0.6 is 0 Å². The van der Waals surface area contributed by atoms with E-state index in [0.29, 0.717) is 41.7 Å². The van der Waals surface area contributed by atoms with Gasteiger partial charge < -0.3 is 19.3 Å². The fraction of sp³-hybridized carbons (Fsp3) is 0.400. The molecule has 1 N–H and O–H groups in total. The Labute approximate surface area is 250 Å². The number of sulfone groups is 1. The van der Waals surface area contributed by atoms with Crippen LogP contribution in [0.2, 0.25) is 18.1 Å². The summed E-state index contributed by atoms with van der Waals surface area (Å²) in [7, 11) is -3.92. The Kier molecular flexibility index (Phi) is 8.44. The molecule has 1 atom stereocenters. The average Bonchev–Trinajstić information content (AvgIpc) is 3.19. The first kappa shape index (κ1) is 31.4. The van der Waals surface area contributed by atoms with Crippen LogP contribution < -0.4 is 10.1 Å². The molecule has 3 aromatic rings. The number of aromatic nitrogens is 2. The summed E-state index contributed by atoms with van der Waals surface area (Å²) in [4.78, 5) is 22.7. The lowest BCUT2D eigenvalue weighted by atomic mass is 9.83. The topological polar surface area (TPSA) is 125 Å². The molecule has 0 aliphatic carbocycles. The Hall–Kier alpha value is -3.53. The Morgan fingerprint density at radius 3 is 2.55 bits per heavy atom. The highest BCUT2D eigenvalue weighted by atomic mass is 32.2. The number of nitriles is 1. The normalized spacial score (nSPS) is 17.0. The van der Waals surface area contributed by atoms with Crippen LogP contribution in [0.4, 0.5) is 17.3 Å². The van der Waals surface area contributed by atoms with E-state index in [1.165, 1.54) is 13.7 Å². The number of carbonyl (C=O) groups excluding carboxylic acids is 1. The van der Waals surface area contributed by atoms with Gasteiger partial charge >= 0.3 is 7.41 Å². The maximum atomic E-state index is 11.9. The summed E-state index contributed by atoms with van der Waals surface area (Å²) in [6, 6.07) is 12.8. The summed E-state index contributed by atoms with van der Waals surface area (Å²) in [5, 5.41) is 13.4. The SMILES string of the molecule is Cc1cc(S(C)(=O)=O)ccc1Nc1nccc(-c2cc(C#N)c3c(c2)[C@@](C)(CO[Si](C)(C)C(C)(C)C)CN3[B]C=O)n1. The number of carbonyl (C=O) groups is 1. The van der Waals surface area contributed by atoms with Gasteiger partial charge in [-0.3, -0.25) is 0 Å². The molecule has 1 aliphatic heterocycles. The van der Waals surface area contributed by atoms with Crippen molar-refractivity contribution in [2.24, 2.45) is 0 Å². The van der Waals surface area contributed by atoms with Crippen LogP contribution in [0.15, 0.2) is 47.5 Å². The van der Waals surface area contributed by atoms with E-state index in [-0.39, 0.29) is 9.93 Å². The Bertz CT molecular complexity index is 1680. The van der Waals surface area contributed by atoms with Gasteiger partial charge in [0, 0.05) is 48.0 Å². The van der Waals surface area contributed by atoms with Gasteiger partial charge in [-0.25, -0.2) is 18.4 Å². The minimum absolute atomic E-state index is 0.0346. The number of anilines is 3. The van der Waals surface area contributed by atoms with Crippen molar-refractivity contribution in [1.29, 1.82) is 5.26 Å². The molecule has 219 valence electrons. The molecule has 0 unspecified atom stereocenters. The van der Waals surface area contributed by atoms with Crippen molar-refractivity contribution in [3.8, 4) is 17.3 Å². The molecule has 0 amide bonds. The maximum absolute atomic E-state index is 11.9. The van der Waals surface area contributed by atoms with E-state index in [1.54, 1.807) is 36.5 Å².